The van der Waals surface area contributed by atoms with E-state index in [1.807, 2.05) is 6.07 Å². The predicted molar refractivity (Wildman–Crippen MR) is 80.6 cm³/mol. The Kier molecular flexibility index (Phi) is 4.35. The molecule has 18 heavy (non-hydrogen) atoms. The van der Waals surface area contributed by atoms with Gasteiger partial charge in [-0.25, -0.2) is 0 Å². The van der Waals surface area contributed by atoms with Gasteiger partial charge in [0.15, 0.2) is 0 Å². The molecular weight excluding hydrogens is 216 g/mol. The maximum Gasteiger partial charge on any atom is -0.0222 e. The van der Waals surface area contributed by atoms with E-state index in [0.717, 1.165) is 12.8 Å². The summed E-state index contributed by atoms with van der Waals surface area (Å²) in [6.45, 7) is 4.45. The van der Waals surface area contributed by atoms with Crippen LogP contribution in [-0.4, -0.2) is 0 Å². The van der Waals surface area contributed by atoms with E-state index < -0.39 is 0 Å². The lowest BCUT2D eigenvalue weighted by Crippen LogP contribution is -1.93. The first kappa shape index (κ1) is 12.6. The molecule has 2 rings (SSSR count). The van der Waals surface area contributed by atoms with Crippen LogP contribution < -0.4 is 0 Å². The molecule has 0 atom stereocenters. The van der Waals surface area contributed by atoms with Crippen LogP contribution in [-0.2, 0) is 12.8 Å². The summed E-state index contributed by atoms with van der Waals surface area (Å²) in [7, 11) is 0. The van der Waals surface area contributed by atoms with E-state index in [9.17, 15) is 0 Å². The average Bonchev–Trinajstić information content (AvgIpc) is 2.45. The van der Waals surface area contributed by atoms with E-state index in [-0.39, 0.29) is 0 Å². The van der Waals surface area contributed by atoms with Crippen LogP contribution in [0.3, 0.4) is 0 Å². The molecule has 0 N–H and O–H groups in total. The fourth-order valence-electron chi connectivity index (χ4n) is 2.32. The van der Waals surface area contributed by atoms with Crippen molar-refractivity contribution < 1.29 is 0 Å². The van der Waals surface area contributed by atoms with Crippen LogP contribution in [0.5, 0.6) is 0 Å². The van der Waals surface area contributed by atoms with E-state index in [1.165, 1.54) is 22.3 Å². The Hall–Kier alpha value is -1.82. The summed E-state index contributed by atoms with van der Waals surface area (Å²) in [5.74, 6) is 0. The summed E-state index contributed by atoms with van der Waals surface area (Å²) in [4.78, 5) is 0. The van der Waals surface area contributed by atoms with Crippen molar-refractivity contribution >= 4 is 12.2 Å². The van der Waals surface area contributed by atoms with Crippen molar-refractivity contribution in [3.63, 3.8) is 0 Å². The van der Waals surface area contributed by atoms with Gasteiger partial charge < -0.3 is 0 Å². The first-order valence-corrected chi connectivity index (χ1v) is 6.69. The van der Waals surface area contributed by atoms with Crippen LogP contribution in [0.15, 0.2) is 48.5 Å². The number of hydrogen-bond donors (Lipinski definition) is 0. The molecule has 0 aliphatic carbocycles. The molecule has 0 fully saturated rings. The largest absolute Gasteiger partial charge is 0.0622 e. The fraction of sp³-hybridized carbons (Fsp3) is 0.222. The monoisotopic (exact) mass is 236 g/mol. The van der Waals surface area contributed by atoms with E-state index in [4.69, 9.17) is 0 Å². The lowest BCUT2D eigenvalue weighted by Gasteiger charge is -2.09. The van der Waals surface area contributed by atoms with Gasteiger partial charge in [-0.3, -0.25) is 0 Å². The highest BCUT2D eigenvalue weighted by Gasteiger charge is 2.02. The molecule has 0 nitrogen and oxygen atoms in total. The molecule has 0 amide bonds. The van der Waals surface area contributed by atoms with E-state index >= 15 is 0 Å². The van der Waals surface area contributed by atoms with E-state index in [0.29, 0.717) is 0 Å². The lowest BCUT2D eigenvalue weighted by atomic mass is 9.96. The molecule has 0 saturated carbocycles. The molecule has 0 heterocycles. The molecule has 0 aliphatic heterocycles. The van der Waals surface area contributed by atoms with Gasteiger partial charge in [-0.15, -0.1) is 0 Å². The highest BCUT2D eigenvalue weighted by Crippen LogP contribution is 2.19. The van der Waals surface area contributed by atoms with Crippen LogP contribution in [0.25, 0.3) is 12.2 Å². The number of rotatable bonds is 4. The van der Waals surface area contributed by atoms with E-state index in [1.54, 1.807) is 0 Å². The smallest absolute Gasteiger partial charge is 0.0222 e. The third-order valence-electron chi connectivity index (χ3n) is 3.30. The standard InChI is InChI=1S/C18H20/c1-3-16-11-8-12-17(18(16)4-2)14-13-15-9-6-5-7-10-15/h5-14H,3-4H2,1-2H3. The highest BCUT2D eigenvalue weighted by atomic mass is 14.1. The molecular formula is C18H20. The van der Waals surface area contributed by atoms with Gasteiger partial charge in [0, 0.05) is 0 Å². The fourth-order valence-corrected chi connectivity index (χ4v) is 2.32. The van der Waals surface area contributed by atoms with E-state index in [2.05, 4.69) is 68.5 Å². The predicted octanol–water partition coefficient (Wildman–Crippen LogP) is 4.98. The second-order valence-electron chi connectivity index (χ2n) is 4.44. The van der Waals surface area contributed by atoms with Crippen molar-refractivity contribution in [1.29, 1.82) is 0 Å². The third-order valence-corrected chi connectivity index (χ3v) is 3.30. The van der Waals surface area contributed by atoms with Gasteiger partial charge in [-0.05, 0) is 35.1 Å². The van der Waals surface area contributed by atoms with Crippen LogP contribution in [0.2, 0.25) is 0 Å². The highest BCUT2D eigenvalue weighted by molar-refractivity contribution is 5.71. The van der Waals surface area contributed by atoms with Gasteiger partial charge in [0.1, 0.15) is 0 Å². The second-order valence-corrected chi connectivity index (χ2v) is 4.44. The minimum absolute atomic E-state index is 1.10. The molecule has 92 valence electrons. The Morgan fingerprint density at radius 1 is 0.778 bits per heavy atom. The van der Waals surface area contributed by atoms with Gasteiger partial charge in [0.05, 0.1) is 0 Å². The molecule has 0 radical (unpaired) electrons. The molecule has 0 aliphatic rings. The maximum atomic E-state index is 2.23. The molecule has 0 aromatic heterocycles. The molecule has 2 aromatic carbocycles. The zero-order chi connectivity index (χ0) is 12.8. The summed E-state index contributed by atoms with van der Waals surface area (Å²) in [5, 5.41) is 0. The van der Waals surface area contributed by atoms with Gasteiger partial charge >= 0.3 is 0 Å². The van der Waals surface area contributed by atoms with Crippen molar-refractivity contribution in [3.8, 4) is 0 Å². The van der Waals surface area contributed by atoms with Crippen molar-refractivity contribution in [1.82, 2.24) is 0 Å². The number of aryl methyl sites for hydroxylation is 1. The average molecular weight is 236 g/mol. The van der Waals surface area contributed by atoms with Gasteiger partial charge in [-0.1, -0.05) is 74.5 Å². The third kappa shape index (κ3) is 2.89. The quantitative estimate of drug-likeness (QED) is 0.657. The summed E-state index contributed by atoms with van der Waals surface area (Å²) in [5.41, 5.74) is 5.54. The second kappa shape index (κ2) is 6.20. The Morgan fingerprint density at radius 2 is 1.56 bits per heavy atom. The van der Waals surface area contributed by atoms with Crippen LogP contribution in [0.1, 0.15) is 36.1 Å². The zero-order valence-corrected chi connectivity index (χ0v) is 11.2. The Balaban J connectivity index is 2.32. The normalized spacial score (nSPS) is 11.0. The number of hydrogen-bond acceptors (Lipinski definition) is 0. The van der Waals surface area contributed by atoms with Crippen LogP contribution >= 0.6 is 0 Å². The van der Waals surface area contributed by atoms with Crippen molar-refractivity contribution in [3.05, 3.63) is 70.8 Å². The van der Waals surface area contributed by atoms with Gasteiger partial charge in [0.2, 0.25) is 0 Å². The molecule has 0 spiro atoms. The van der Waals surface area contributed by atoms with Gasteiger partial charge in [-0.2, -0.15) is 0 Å². The summed E-state index contributed by atoms with van der Waals surface area (Å²) in [6.07, 6.45) is 6.62. The molecule has 0 unspecified atom stereocenters. The first-order valence-electron chi connectivity index (χ1n) is 6.69. The Bertz CT molecular complexity index is 521. The molecule has 2 aromatic rings. The minimum Gasteiger partial charge on any atom is -0.0622 e. The molecule has 0 bridgehead atoms. The Labute approximate surface area is 110 Å². The number of benzene rings is 2. The maximum absolute atomic E-state index is 2.23. The summed E-state index contributed by atoms with van der Waals surface area (Å²) < 4.78 is 0. The molecule has 0 heteroatoms. The molecule has 0 saturated heterocycles. The van der Waals surface area contributed by atoms with Crippen LogP contribution in [0, 0.1) is 0 Å². The zero-order valence-electron chi connectivity index (χ0n) is 11.2. The van der Waals surface area contributed by atoms with Crippen molar-refractivity contribution in [2.75, 3.05) is 0 Å². The first-order chi connectivity index (χ1) is 8.85. The van der Waals surface area contributed by atoms with Crippen molar-refractivity contribution in [2.45, 2.75) is 26.7 Å². The Morgan fingerprint density at radius 3 is 2.22 bits per heavy atom. The minimum atomic E-state index is 1.10. The summed E-state index contributed by atoms with van der Waals surface area (Å²) >= 11 is 0. The topological polar surface area (TPSA) is 0 Å². The van der Waals surface area contributed by atoms with Gasteiger partial charge in [0.25, 0.3) is 0 Å². The van der Waals surface area contributed by atoms with Crippen LogP contribution in [0.4, 0.5) is 0 Å². The SMILES string of the molecule is CCc1cccc(C=Cc2ccccc2)c1CC. The summed E-state index contributed by atoms with van der Waals surface area (Å²) in [6, 6.07) is 17.1. The lowest BCUT2D eigenvalue weighted by molar-refractivity contribution is 1.03. The van der Waals surface area contributed by atoms with Crippen molar-refractivity contribution in [2.24, 2.45) is 0 Å².